The first-order chi connectivity index (χ1) is 38.0. The molecule has 0 fully saturated rings. The van der Waals surface area contributed by atoms with Crippen molar-refractivity contribution in [2.45, 2.75) is 237 Å². The fraction of sp³-hybridized carbons (Fsp3) is 0.500. The van der Waals surface area contributed by atoms with Crippen LogP contribution < -0.4 is 28.7 Å². The highest BCUT2D eigenvalue weighted by molar-refractivity contribution is 7.57. The van der Waals surface area contributed by atoms with Crippen LogP contribution in [0.5, 0.6) is 23.0 Å². The predicted molar refractivity (Wildman–Crippen MR) is 341 cm³/mol. The molecule has 6 aromatic carbocycles. The summed E-state index contributed by atoms with van der Waals surface area (Å²) < 4.78 is 30.0. The Bertz CT molecular complexity index is 2290. The average molecular weight is 1090 g/mol. The molecule has 0 spiro atoms. The molecule has 0 bridgehead atoms. The summed E-state index contributed by atoms with van der Waals surface area (Å²) in [7, 11) is -3.12. The van der Waals surface area contributed by atoms with Gasteiger partial charge in [0, 0.05) is 0 Å². The van der Waals surface area contributed by atoms with Crippen molar-refractivity contribution in [1.29, 1.82) is 0 Å². The molecule has 0 amide bonds. The zero-order valence-electron chi connectivity index (χ0n) is 50.7. The Labute approximate surface area is 478 Å². The molecule has 0 radical (unpaired) electrons. The van der Waals surface area contributed by atoms with Gasteiger partial charge in [0.1, 0.15) is 23.0 Å². The molecule has 0 heterocycles. The van der Waals surface area contributed by atoms with Crippen LogP contribution in [0.4, 0.5) is 0 Å². The lowest BCUT2D eigenvalue weighted by Crippen LogP contribution is -2.14. The molecular weight excluding hydrogens is 991 g/mol. The lowest BCUT2D eigenvalue weighted by molar-refractivity contribution is 0.483. The smallest absolute Gasteiger partial charge is 0.326 e. The van der Waals surface area contributed by atoms with Crippen LogP contribution in [0.25, 0.3) is 11.1 Å². The second-order valence-electron chi connectivity index (χ2n) is 22.5. The Hall–Kier alpha value is -4.62. The molecule has 0 aliphatic rings. The molecule has 0 aliphatic heterocycles. The molecule has 422 valence electrons. The van der Waals surface area contributed by atoms with Crippen LogP contribution in [0.2, 0.25) is 0 Å². The lowest BCUT2D eigenvalue weighted by Gasteiger charge is -2.26. The summed E-state index contributed by atoms with van der Waals surface area (Å²) >= 11 is 0. The van der Waals surface area contributed by atoms with Crippen molar-refractivity contribution >= 4 is 27.4 Å². The molecule has 6 heteroatoms. The molecule has 0 saturated heterocycles. The van der Waals surface area contributed by atoms with Crippen LogP contribution in [0.3, 0.4) is 0 Å². The van der Waals surface area contributed by atoms with Crippen molar-refractivity contribution in [3.63, 3.8) is 0 Å². The van der Waals surface area contributed by atoms with Crippen LogP contribution in [0.1, 0.15) is 225 Å². The first-order valence-electron chi connectivity index (χ1n) is 31.0. The normalized spacial score (nSPS) is 11.5. The minimum absolute atomic E-state index is 0.993. The van der Waals surface area contributed by atoms with E-state index in [1.165, 1.54) is 66.8 Å². The van der Waals surface area contributed by atoms with E-state index in [0.29, 0.717) is 0 Å². The van der Waals surface area contributed by atoms with Crippen molar-refractivity contribution in [1.82, 2.24) is 0 Å². The van der Waals surface area contributed by atoms with Crippen LogP contribution in [-0.4, -0.2) is 0 Å². The Morgan fingerprint density at radius 2 is 0.423 bits per heavy atom. The SMILES string of the molecule is CCCCc1cc(C)cc(CCCC)c1OP(Oc1c(CCCC)cc(C)cc1CCCC)c1ccc(-c2ccc(P(Oc3c(CCCC)cc(C)cc3CCCC)Oc3c(CCCC)cc(C)cc3CCCC)cc2)cc1. The van der Waals surface area contributed by atoms with Crippen LogP contribution in [-0.2, 0) is 51.4 Å². The van der Waals surface area contributed by atoms with E-state index in [0.717, 1.165) is 199 Å². The summed E-state index contributed by atoms with van der Waals surface area (Å²) in [5, 5.41) is 2.16. The van der Waals surface area contributed by atoms with Crippen molar-refractivity contribution in [3.8, 4) is 34.1 Å². The van der Waals surface area contributed by atoms with Crippen molar-refractivity contribution in [3.05, 3.63) is 164 Å². The fourth-order valence-corrected chi connectivity index (χ4v) is 13.6. The molecule has 0 unspecified atom stereocenters. The molecule has 4 nitrogen and oxygen atoms in total. The number of aryl methyl sites for hydroxylation is 12. The quantitative estimate of drug-likeness (QED) is 0.0372. The minimum atomic E-state index is -1.56. The molecule has 78 heavy (non-hydrogen) atoms. The maximum atomic E-state index is 7.50. The van der Waals surface area contributed by atoms with Gasteiger partial charge in [0.2, 0.25) is 0 Å². The average Bonchev–Trinajstić information content (AvgIpc) is 3.45. The highest BCUT2D eigenvalue weighted by Crippen LogP contribution is 2.48. The van der Waals surface area contributed by atoms with E-state index >= 15 is 0 Å². The van der Waals surface area contributed by atoms with Gasteiger partial charge < -0.3 is 18.1 Å². The maximum absolute atomic E-state index is 7.50. The van der Waals surface area contributed by atoms with Gasteiger partial charge in [0.25, 0.3) is 0 Å². The lowest BCUT2D eigenvalue weighted by atomic mass is 9.97. The number of hydrogen-bond acceptors (Lipinski definition) is 4. The van der Waals surface area contributed by atoms with E-state index in [4.69, 9.17) is 18.1 Å². The van der Waals surface area contributed by atoms with Crippen LogP contribution in [0, 0.1) is 27.7 Å². The Morgan fingerprint density at radius 1 is 0.256 bits per heavy atom. The van der Waals surface area contributed by atoms with Crippen LogP contribution in [0.15, 0.2) is 97.1 Å². The van der Waals surface area contributed by atoms with E-state index in [1.807, 2.05) is 0 Å². The molecule has 0 aromatic heterocycles. The topological polar surface area (TPSA) is 36.9 Å². The van der Waals surface area contributed by atoms with Crippen molar-refractivity contribution < 1.29 is 18.1 Å². The first-order valence-corrected chi connectivity index (χ1v) is 33.3. The van der Waals surface area contributed by atoms with Crippen molar-refractivity contribution in [2.75, 3.05) is 0 Å². The summed E-state index contributed by atoms with van der Waals surface area (Å²) in [6, 6.07) is 37.1. The Morgan fingerprint density at radius 3 is 0.577 bits per heavy atom. The van der Waals surface area contributed by atoms with E-state index in [9.17, 15) is 0 Å². The summed E-state index contributed by atoms with van der Waals surface area (Å²) in [5.74, 6) is 4.14. The molecular formula is C72H100O4P2. The van der Waals surface area contributed by atoms with Gasteiger partial charge in [-0.1, -0.05) is 202 Å². The second-order valence-corrected chi connectivity index (χ2v) is 25.2. The zero-order chi connectivity index (χ0) is 55.8. The molecule has 6 rings (SSSR count). The molecule has 6 aromatic rings. The molecule has 0 aliphatic carbocycles. The second kappa shape index (κ2) is 33.2. The number of unbranched alkanes of at least 4 members (excludes halogenated alkanes) is 8. The third kappa shape index (κ3) is 18.2. The van der Waals surface area contributed by atoms with Crippen molar-refractivity contribution in [2.24, 2.45) is 0 Å². The maximum Gasteiger partial charge on any atom is 0.326 e. The van der Waals surface area contributed by atoms with E-state index in [-0.39, 0.29) is 0 Å². The fourth-order valence-electron chi connectivity index (χ4n) is 10.7. The Kier molecular flexibility index (Phi) is 26.6. The number of benzene rings is 6. The zero-order valence-corrected chi connectivity index (χ0v) is 52.5. The Balaban J connectivity index is 1.45. The number of rotatable bonds is 35. The largest absolute Gasteiger partial charge is 0.435 e. The summed E-state index contributed by atoms with van der Waals surface area (Å²) in [4.78, 5) is 0. The monoisotopic (exact) mass is 1090 g/mol. The van der Waals surface area contributed by atoms with Gasteiger partial charge in [-0.3, -0.25) is 0 Å². The summed E-state index contributed by atoms with van der Waals surface area (Å²) in [6.07, 6.45) is 26.0. The summed E-state index contributed by atoms with van der Waals surface area (Å²) in [5.41, 5.74) is 18.0. The molecule has 0 atom stereocenters. The third-order valence-corrected chi connectivity index (χ3v) is 18.0. The standard InChI is InChI=1S/C72H100O4P2/c1-13-21-29-59-45-53(9)46-60(30-22-14-2)69(59)73-77(74-70-61(31-23-15-3)47-54(10)48-62(70)32-24-16-4)67-41-37-57(38-42-67)58-39-43-68(44-40-58)78(75-71-63(33-25-17-5)49-55(11)50-64(71)34-26-18-6)76-72-65(35-27-19-7)51-56(12)52-66(72)36-28-20-8/h37-52H,13-36H2,1-12H3. The molecule has 0 N–H and O–H groups in total. The van der Waals surface area contributed by atoms with Gasteiger partial charge in [-0.25, -0.2) is 0 Å². The highest BCUT2D eigenvalue weighted by atomic mass is 31.2. The van der Waals surface area contributed by atoms with Gasteiger partial charge in [0.05, 0.1) is 10.6 Å². The predicted octanol–water partition coefficient (Wildman–Crippen LogP) is 21.5. The van der Waals surface area contributed by atoms with E-state index < -0.39 is 16.8 Å². The van der Waals surface area contributed by atoms with E-state index in [2.05, 4.69) is 180 Å². The highest BCUT2D eigenvalue weighted by Gasteiger charge is 2.28. The first kappa shape index (κ1) is 62.6. The van der Waals surface area contributed by atoms with E-state index in [1.54, 1.807) is 0 Å². The van der Waals surface area contributed by atoms with Gasteiger partial charge in [-0.2, -0.15) is 0 Å². The van der Waals surface area contributed by atoms with Gasteiger partial charge in [-0.05, 0) is 210 Å². The third-order valence-electron chi connectivity index (χ3n) is 15.1. The minimum Gasteiger partial charge on any atom is -0.435 e. The van der Waals surface area contributed by atoms with Gasteiger partial charge in [-0.15, -0.1) is 0 Å². The summed E-state index contributed by atoms with van der Waals surface area (Å²) in [6.45, 7) is 27.2. The number of hydrogen-bond donors (Lipinski definition) is 0. The molecule has 0 saturated carbocycles. The van der Waals surface area contributed by atoms with Crippen LogP contribution >= 0.6 is 16.8 Å². The van der Waals surface area contributed by atoms with Gasteiger partial charge in [0.15, 0.2) is 0 Å². The van der Waals surface area contributed by atoms with Gasteiger partial charge >= 0.3 is 16.8 Å².